The Kier molecular flexibility index (Phi) is 4.10. The molecule has 0 unspecified atom stereocenters. The predicted octanol–water partition coefficient (Wildman–Crippen LogP) is 2.13. The quantitative estimate of drug-likeness (QED) is 0.876. The highest BCUT2D eigenvalue weighted by Gasteiger charge is 2.05. The van der Waals surface area contributed by atoms with E-state index in [1.165, 1.54) is 0 Å². The summed E-state index contributed by atoms with van der Waals surface area (Å²) in [4.78, 5) is 8.89. The summed E-state index contributed by atoms with van der Waals surface area (Å²) < 4.78 is 2.14. The number of rotatable bonds is 5. The van der Waals surface area contributed by atoms with Crippen molar-refractivity contribution in [3.05, 3.63) is 47.8 Å². The van der Waals surface area contributed by atoms with Crippen molar-refractivity contribution in [3.63, 3.8) is 0 Å². The van der Waals surface area contributed by atoms with Crippen LogP contribution in [0.15, 0.2) is 30.6 Å². The minimum absolute atomic E-state index is 0.465. The molecule has 0 fully saturated rings. The van der Waals surface area contributed by atoms with Gasteiger partial charge in [0.1, 0.15) is 5.82 Å². The van der Waals surface area contributed by atoms with Crippen molar-refractivity contribution < 1.29 is 0 Å². The molecule has 96 valence electrons. The Morgan fingerprint density at radius 1 is 1.33 bits per heavy atom. The summed E-state index contributed by atoms with van der Waals surface area (Å²) in [6.45, 7) is 7.84. The highest BCUT2D eigenvalue weighted by Crippen LogP contribution is 2.05. The highest BCUT2D eigenvalue weighted by atomic mass is 15.1. The molecule has 0 saturated carbocycles. The summed E-state index contributed by atoms with van der Waals surface area (Å²) in [5, 5.41) is 3.38. The third kappa shape index (κ3) is 3.40. The smallest absolute Gasteiger partial charge is 0.123 e. The van der Waals surface area contributed by atoms with Crippen LogP contribution < -0.4 is 5.32 Å². The monoisotopic (exact) mass is 244 g/mol. The molecule has 0 atom stereocenters. The van der Waals surface area contributed by atoms with E-state index in [0.29, 0.717) is 6.04 Å². The van der Waals surface area contributed by atoms with Crippen molar-refractivity contribution in [1.29, 1.82) is 0 Å². The van der Waals surface area contributed by atoms with E-state index in [4.69, 9.17) is 0 Å². The molecule has 0 aromatic carbocycles. The summed E-state index contributed by atoms with van der Waals surface area (Å²) in [7, 11) is 0. The SMILES string of the molecule is Cc1cccc(Cn2ccnc2CNC(C)C)n1. The minimum Gasteiger partial charge on any atom is -0.328 e. The average molecular weight is 244 g/mol. The molecule has 0 aliphatic heterocycles. The van der Waals surface area contributed by atoms with Crippen LogP contribution in [0.1, 0.15) is 31.1 Å². The standard InChI is InChI=1S/C14H20N4/c1-11(2)16-9-14-15-7-8-18(14)10-13-6-4-5-12(3)17-13/h4-8,11,16H,9-10H2,1-3H3. The molecule has 0 radical (unpaired) electrons. The van der Waals surface area contributed by atoms with Crippen LogP contribution in [0.25, 0.3) is 0 Å². The van der Waals surface area contributed by atoms with E-state index in [-0.39, 0.29) is 0 Å². The molecule has 4 nitrogen and oxygen atoms in total. The van der Waals surface area contributed by atoms with Crippen LogP contribution in [0.3, 0.4) is 0 Å². The number of nitrogens with one attached hydrogen (secondary N) is 1. The molecule has 0 aliphatic rings. The van der Waals surface area contributed by atoms with E-state index in [2.05, 4.69) is 33.7 Å². The molecule has 1 N–H and O–H groups in total. The third-order valence-corrected chi connectivity index (χ3v) is 2.75. The van der Waals surface area contributed by atoms with E-state index >= 15 is 0 Å². The van der Waals surface area contributed by atoms with Gasteiger partial charge in [-0.15, -0.1) is 0 Å². The maximum Gasteiger partial charge on any atom is 0.123 e. The highest BCUT2D eigenvalue weighted by molar-refractivity contribution is 5.11. The summed E-state index contributed by atoms with van der Waals surface area (Å²) in [6, 6.07) is 6.57. The van der Waals surface area contributed by atoms with Crippen LogP contribution in [0.2, 0.25) is 0 Å². The topological polar surface area (TPSA) is 42.7 Å². The second-order valence-corrected chi connectivity index (χ2v) is 4.78. The van der Waals surface area contributed by atoms with Gasteiger partial charge in [-0.2, -0.15) is 0 Å². The van der Waals surface area contributed by atoms with E-state index < -0.39 is 0 Å². The lowest BCUT2D eigenvalue weighted by Gasteiger charge is -2.10. The third-order valence-electron chi connectivity index (χ3n) is 2.75. The van der Waals surface area contributed by atoms with Gasteiger partial charge in [0, 0.05) is 24.1 Å². The van der Waals surface area contributed by atoms with Crippen LogP contribution in [0, 0.1) is 6.92 Å². The molecule has 18 heavy (non-hydrogen) atoms. The van der Waals surface area contributed by atoms with Crippen LogP contribution in [-0.2, 0) is 13.1 Å². The molecule has 2 aromatic heterocycles. The number of aromatic nitrogens is 3. The van der Waals surface area contributed by atoms with Gasteiger partial charge in [0.05, 0.1) is 18.8 Å². The second kappa shape index (κ2) is 5.78. The molecular weight excluding hydrogens is 224 g/mol. The van der Waals surface area contributed by atoms with Crippen molar-refractivity contribution in [3.8, 4) is 0 Å². The summed E-state index contributed by atoms with van der Waals surface area (Å²) in [5.74, 6) is 1.05. The molecule has 0 bridgehead atoms. The fraction of sp³-hybridized carbons (Fsp3) is 0.429. The lowest BCUT2D eigenvalue weighted by molar-refractivity contribution is 0.553. The van der Waals surface area contributed by atoms with E-state index in [9.17, 15) is 0 Å². The van der Waals surface area contributed by atoms with Gasteiger partial charge in [-0.25, -0.2) is 4.98 Å². The normalized spacial score (nSPS) is 11.1. The first-order chi connectivity index (χ1) is 8.65. The van der Waals surface area contributed by atoms with Crippen molar-refractivity contribution in [2.45, 2.75) is 39.9 Å². The molecule has 2 heterocycles. The van der Waals surface area contributed by atoms with Gasteiger partial charge < -0.3 is 9.88 Å². The Morgan fingerprint density at radius 2 is 2.17 bits per heavy atom. The van der Waals surface area contributed by atoms with Crippen LogP contribution >= 0.6 is 0 Å². The fourth-order valence-electron chi connectivity index (χ4n) is 1.81. The van der Waals surface area contributed by atoms with E-state index in [1.807, 2.05) is 37.5 Å². The van der Waals surface area contributed by atoms with Crippen molar-refractivity contribution in [2.75, 3.05) is 0 Å². The maximum atomic E-state index is 4.52. The summed E-state index contributed by atoms with van der Waals surface area (Å²) in [6.07, 6.45) is 3.84. The zero-order chi connectivity index (χ0) is 13.0. The van der Waals surface area contributed by atoms with Gasteiger partial charge in [0.25, 0.3) is 0 Å². The van der Waals surface area contributed by atoms with Gasteiger partial charge in [-0.3, -0.25) is 4.98 Å². The molecule has 2 rings (SSSR count). The Labute approximate surface area is 108 Å². The number of pyridine rings is 1. The van der Waals surface area contributed by atoms with Crippen molar-refractivity contribution in [1.82, 2.24) is 19.9 Å². The van der Waals surface area contributed by atoms with Gasteiger partial charge >= 0.3 is 0 Å². The predicted molar refractivity (Wildman–Crippen MR) is 72.3 cm³/mol. The lowest BCUT2D eigenvalue weighted by atomic mass is 10.3. The maximum absolute atomic E-state index is 4.52. The molecule has 0 spiro atoms. The largest absolute Gasteiger partial charge is 0.328 e. The Bertz CT molecular complexity index is 502. The second-order valence-electron chi connectivity index (χ2n) is 4.78. The minimum atomic E-state index is 0.465. The van der Waals surface area contributed by atoms with Gasteiger partial charge in [-0.05, 0) is 19.1 Å². The molecule has 2 aromatic rings. The lowest BCUT2D eigenvalue weighted by Crippen LogP contribution is -2.24. The number of aryl methyl sites for hydroxylation is 1. The van der Waals surface area contributed by atoms with E-state index in [1.54, 1.807) is 0 Å². The first-order valence-corrected chi connectivity index (χ1v) is 6.31. The number of imidazole rings is 1. The number of hydrogen-bond donors (Lipinski definition) is 1. The van der Waals surface area contributed by atoms with Crippen LogP contribution in [-0.4, -0.2) is 20.6 Å². The van der Waals surface area contributed by atoms with Crippen LogP contribution in [0.5, 0.6) is 0 Å². The summed E-state index contributed by atoms with van der Waals surface area (Å²) >= 11 is 0. The van der Waals surface area contributed by atoms with Crippen molar-refractivity contribution in [2.24, 2.45) is 0 Å². The fourth-order valence-corrected chi connectivity index (χ4v) is 1.81. The summed E-state index contributed by atoms with van der Waals surface area (Å²) in [5.41, 5.74) is 2.12. The molecule has 4 heteroatoms. The Morgan fingerprint density at radius 3 is 2.89 bits per heavy atom. The first kappa shape index (κ1) is 12.8. The molecular formula is C14H20N4. The van der Waals surface area contributed by atoms with Gasteiger partial charge in [-0.1, -0.05) is 19.9 Å². The van der Waals surface area contributed by atoms with E-state index in [0.717, 1.165) is 30.3 Å². The van der Waals surface area contributed by atoms with Crippen LogP contribution in [0.4, 0.5) is 0 Å². The average Bonchev–Trinajstić information content (AvgIpc) is 2.74. The molecule has 0 saturated heterocycles. The molecule has 0 amide bonds. The molecule has 0 aliphatic carbocycles. The zero-order valence-corrected chi connectivity index (χ0v) is 11.2. The van der Waals surface area contributed by atoms with Gasteiger partial charge in [0.15, 0.2) is 0 Å². The Balaban J connectivity index is 2.07. The number of nitrogens with zero attached hydrogens (tertiary/aromatic N) is 3. The van der Waals surface area contributed by atoms with Gasteiger partial charge in [0.2, 0.25) is 0 Å². The first-order valence-electron chi connectivity index (χ1n) is 6.31. The number of hydrogen-bond acceptors (Lipinski definition) is 3. The Hall–Kier alpha value is -1.68. The van der Waals surface area contributed by atoms with Crippen molar-refractivity contribution >= 4 is 0 Å². The zero-order valence-electron chi connectivity index (χ0n) is 11.2.